The molecule has 0 heterocycles. The third kappa shape index (κ3) is 3.95. The minimum Gasteiger partial charge on any atom is -0.507 e. The zero-order chi connectivity index (χ0) is 13.4. The maximum atomic E-state index is 9.81. The van der Waals surface area contributed by atoms with Crippen LogP contribution in [0.4, 0.5) is 0 Å². The summed E-state index contributed by atoms with van der Waals surface area (Å²) >= 11 is 0. The van der Waals surface area contributed by atoms with Crippen molar-refractivity contribution in [2.24, 2.45) is 5.16 Å². The van der Waals surface area contributed by atoms with Crippen LogP contribution in [0.1, 0.15) is 45.1 Å². The van der Waals surface area contributed by atoms with Crippen LogP contribution in [-0.4, -0.2) is 22.6 Å². The molecule has 0 saturated carbocycles. The number of hydrogen-bond donors (Lipinski definition) is 2. The van der Waals surface area contributed by atoms with Gasteiger partial charge in [-0.1, -0.05) is 24.9 Å². The molecule has 0 unspecified atom stereocenters. The molecule has 2 N–H and O–H groups in total. The van der Waals surface area contributed by atoms with Crippen LogP contribution in [0.2, 0.25) is 0 Å². The van der Waals surface area contributed by atoms with Crippen molar-refractivity contribution in [3.63, 3.8) is 0 Å². The van der Waals surface area contributed by atoms with Crippen molar-refractivity contribution in [3.8, 4) is 11.5 Å². The fourth-order valence-electron chi connectivity index (χ4n) is 1.78. The Hall–Kier alpha value is -1.71. The molecule has 0 aliphatic rings. The molecule has 0 radical (unpaired) electrons. The summed E-state index contributed by atoms with van der Waals surface area (Å²) in [5.74, 6) is 0.782. The first kappa shape index (κ1) is 14.4. The number of benzene rings is 1. The Morgan fingerprint density at radius 1 is 1.28 bits per heavy atom. The Morgan fingerprint density at radius 3 is 2.67 bits per heavy atom. The van der Waals surface area contributed by atoms with E-state index in [0.29, 0.717) is 30.1 Å². The molecule has 0 atom stereocenters. The lowest BCUT2D eigenvalue weighted by atomic mass is 10.0. The van der Waals surface area contributed by atoms with Gasteiger partial charge in [0.05, 0.1) is 12.3 Å². The molecule has 4 nitrogen and oxygen atoms in total. The van der Waals surface area contributed by atoms with E-state index in [0.717, 1.165) is 19.3 Å². The first-order chi connectivity index (χ1) is 8.72. The third-order valence-corrected chi connectivity index (χ3v) is 2.73. The summed E-state index contributed by atoms with van der Waals surface area (Å²) in [5.41, 5.74) is 1.04. The van der Waals surface area contributed by atoms with Gasteiger partial charge in [-0.25, -0.2) is 0 Å². The summed E-state index contributed by atoms with van der Waals surface area (Å²) in [5, 5.41) is 22.2. The van der Waals surface area contributed by atoms with E-state index in [4.69, 9.17) is 9.94 Å². The predicted octanol–water partition coefficient (Wildman–Crippen LogP) is 3.55. The number of ether oxygens (including phenoxy) is 1. The van der Waals surface area contributed by atoms with Gasteiger partial charge in [0.1, 0.15) is 11.5 Å². The van der Waals surface area contributed by atoms with Gasteiger partial charge in [-0.05, 0) is 38.0 Å². The van der Waals surface area contributed by atoms with E-state index >= 15 is 0 Å². The normalized spacial score (nSPS) is 11.6. The number of nitrogens with zero attached hydrogens (tertiary/aromatic N) is 1. The van der Waals surface area contributed by atoms with Crippen LogP contribution in [0.25, 0.3) is 0 Å². The molecule has 1 aromatic rings. The molecule has 1 aromatic carbocycles. The summed E-state index contributed by atoms with van der Waals surface area (Å²) in [6, 6.07) is 4.97. The van der Waals surface area contributed by atoms with Gasteiger partial charge < -0.3 is 15.1 Å². The highest BCUT2D eigenvalue weighted by Crippen LogP contribution is 2.25. The van der Waals surface area contributed by atoms with E-state index in [-0.39, 0.29) is 5.75 Å². The quantitative estimate of drug-likeness (QED) is 0.337. The second-order valence-corrected chi connectivity index (χ2v) is 4.12. The van der Waals surface area contributed by atoms with Gasteiger partial charge in [0.25, 0.3) is 0 Å². The molecule has 0 amide bonds. The zero-order valence-electron chi connectivity index (χ0n) is 11.0. The number of aromatic hydroxyl groups is 1. The molecule has 0 fully saturated rings. The number of unbranched alkanes of at least 4 members (excludes halogenated alkanes) is 2. The van der Waals surface area contributed by atoms with Gasteiger partial charge in [0.15, 0.2) is 0 Å². The Bertz CT molecular complexity index is 402. The molecule has 0 aliphatic heterocycles. The van der Waals surface area contributed by atoms with E-state index in [1.54, 1.807) is 18.2 Å². The first-order valence-electron chi connectivity index (χ1n) is 6.40. The number of rotatable bonds is 7. The Labute approximate surface area is 108 Å². The van der Waals surface area contributed by atoms with Crippen LogP contribution in [-0.2, 0) is 0 Å². The maximum absolute atomic E-state index is 9.81. The van der Waals surface area contributed by atoms with Gasteiger partial charge in [-0.15, -0.1) is 0 Å². The minimum atomic E-state index is 0.114. The highest BCUT2D eigenvalue weighted by molar-refractivity contribution is 6.02. The van der Waals surface area contributed by atoms with E-state index < -0.39 is 0 Å². The SMILES string of the molecule is CCCCCC(=NO)c1cc(OCC)ccc1O. The largest absolute Gasteiger partial charge is 0.507 e. The maximum Gasteiger partial charge on any atom is 0.125 e. The molecule has 0 spiro atoms. The Morgan fingerprint density at radius 2 is 2.06 bits per heavy atom. The van der Waals surface area contributed by atoms with Crippen LogP contribution in [0.5, 0.6) is 11.5 Å². The number of phenolic OH excluding ortho intramolecular Hbond substituents is 1. The predicted molar refractivity (Wildman–Crippen MR) is 71.7 cm³/mol. The topological polar surface area (TPSA) is 62.1 Å². The van der Waals surface area contributed by atoms with E-state index in [1.807, 2.05) is 6.92 Å². The standard InChI is InChI=1S/C14H21NO3/c1-3-5-6-7-13(15-17)12-10-11(18-4-2)8-9-14(12)16/h8-10,16-17H,3-7H2,1-2H3. The molecule has 4 heteroatoms. The molecular formula is C14H21NO3. The second kappa shape index (κ2) is 7.58. The molecule has 100 valence electrons. The van der Waals surface area contributed by atoms with E-state index in [1.165, 1.54) is 0 Å². The fourth-order valence-corrected chi connectivity index (χ4v) is 1.78. The lowest BCUT2D eigenvalue weighted by Gasteiger charge is -2.09. The van der Waals surface area contributed by atoms with Crippen LogP contribution in [0.3, 0.4) is 0 Å². The molecule has 18 heavy (non-hydrogen) atoms. The lowest BCUT2D eigenvalue weighted by Crippen LogP contribution is -2.03. The van der Waals surface area contributed by atoms with Crippen LogP contribution < -0.4 is 4.74 Å². The molecule has 0 aliphatic carbocycles. The molecule has 0 bridgehead atoms. The molecular weight excluding hydrogens is 230 g/mol. The average Bonchev–Trinajstić information content (AvgIpc) is 2.38. The molecule has 0 aromatic heterocycles. The number of phenols is 1. The van der Waals surface area contributed by atoms with Gasteiger partial charge in [0, 0.05) is 5.56 Å². The monoisotopic (exact) mass is 251 g/mol. The van der Waals surface area contributed by atoms with Crippen LogP contribution in [0.15, 0.2) is 23.4 Å². The van der Waals surface area contributed by atoms with Crippen LogP contribution >= 0.6 is 0 Å². The van der Waals surface area contributed by atoms with Crippen molar-refractivity contribution in [3.05, 3.63) is 23.8 Å². The zero-order valence-corrected chi connectivity index (χ0v) is 11.0. The third-order valence-electron chi connectivity index (χ3n) is 2.73. The van der Waals surface area contributed by atoms with Gasteiger partial charge >= 0.3 is 0 Å². The van der Waals surface area contributed by atoms with Crippen molar-refractivity contribution in [2.45, 2.75) is 39.5 Å². The van der Waals surface area contributed by atoms with Crippen molar-refractivity contribution in [1.29, 1.82) is 0 Å². The number of hydrogen-bond acceptors (Lipinski definition) is 4. The van der Waals surface area contributed by atoms with Crippen molar-refractivity contribution < 1.29 is 15.1 Å². The smallest absolute Gasteiger partial charge is 0.125 e. The summed E-state index contributed by atoms with van der Waals surface area (Å²) in [6.45, 7) is 4.57. The second-order valence-electron chi connectivity index (χ2n) is 4.12. The number of oxime groups is 1. The fraction of sp³-hybridized carbons (Fsp3) is 0.500. The summed E-state index contributed by atoms with van der Waals surface area (Å²) in [7, 11) is 0. The Balaban J connectivity index is 2.87. The summed E-state index contributed by atoms with van der Waals surface area (Å²) < 4.78 is 5.37. The van der Waals surface area contributed by atoms with Crippen molar-refractivity contribution in [2.75, 3.05) is 6.61 Å². The minimum absolute atomic E-state index is 0.114. The first-order valence-corrected chi connectivity index (χ1v) is 6.40. The highest BCUT2D eigenvalue weighted by atomic mass is 16.5. The summed E-state index contributed by atoms with van der Waals surface area (Å²) in [6.07, 6.45) is 3.76. The van der Waals surface area contributed by atoms with Gasteiger partial charge in [0.2, 0.25) is 0 Å². The molecule has 1 rings (SSSR count). The average molecular weight is 251 g/mol. The van der Waals surface area contributed by atoms with Gasteiger partial charge in [-0.2, -0.15) is 0 Å². The summed E-state index contributed by atoms with van der Waals surface area (Å²) in [4.78, 5) is 0. The highest BCUT2D eigenvalue weighted by Gasteiger charge is 2.11. The molecule has 0 saturated heterocycles. The van der Waals surface area contributed by atoms with E-state index in [9.17, 15) is 5.11 Å². The van der Waals surface area contributed by atoms with Crippen molar-refractivity contribution >= 4 is 5.71 Å². The van der Waals surface area contributed by atoms with E-state index in [2.05, 4.69) is 12.1 Å². The Kier molecular flexibility index (Phi) is 6.05. The van der Waals surface area contributed by atoms with Crippen molar-refractivity contribution in [1.82, 2.24) is 0 Å². The van der Waals surface area contributed by atoms with Gasteiger partial charge in [-0.3, -0.25) is 0 Å². The lowest BCUT2D eigenvalue weighted by molar-refractivity contribution is 0.317. The van der Waals surface area contributed by atoms with Crippen LogP contribution in [0, 0.1) is 0 Å².